The van der Waals surface area contributed by atoms with Gasteiger partial charge in [0.05, 0.1) is 11.1 Å². The SMILES string of the molecule is CNC(c1ccc(Cl)c(Br)c1)c1cc(Br)ccc1Br. The van der Waals surface area contributed by atoms with Crippen LogP contribution in [0.2, 0.25) is 5.02 Å². The fraction of sp³-hybridized carbons (Fsp3) is 0.143. The molecule has 0 aliphatic heterocycles. The summed E-state index contributed by atoms with van der Waals surface area (Å²) in [5, 5.41) is 4.05. The normalized spacial score (nSPS) is 12.5. The van der Waals surface area contributed by atoms with Crippen LogP contribution in [0.25, 0.3) is 0 Å². The summed E-state index contributed by atoms with van der Waals surface area (Å²) in [6.45, 7) is 0. The lowest BCUT2D eigenvalue weighted by atomic mass is 9.99. The van der Waals surface area contributed by atoms with Gasteiger partial charge in [-0.1, -0.05) is 49.5 Å². The van der Waals surface area contributed by atoms with Crippen LogP contribution in [-0.2, 0) is 0 Å². The van der Waals surface area contributed by atoms with E-state index in [4.69, 9.17) is 11.6 Å². The van der Waals surface area contributed by atoms with E-state index in [2.05, 4.69) is 59.2 Å². The van der Waals surface area contributed by atoms with Gasteiger partial charge < -0.3 is 5.32 Å². The summed E-state index contributed by atoms with van der Waals surface area (Å²) in [4.78, 5) is 0. The van der Waals surface area contributed by atoms with E-state index >= 15 is 0 Å². The summed E-state index contributed by atoms with van der Waals surface area (Å²) < 4.78 is 3.03. The molecule has 1 N–H and O–H groups in total. The van der Waals surface area contributed by atoms with Crippen LogP contribution < -0.4 is 5.32 Å². The third-order valence-corrected chi connectivity index (χ3v) is 5.26. The minimum atomic E-state index is 0.0976. The third kappa shape index (κ3) is 3.61. The van der Waals surface area contributed by atoms with Crippen LogP contribution in [0.5, 0.6) is 0 Å². The van der Waals surface area contributed by atoms with Gasteiger partial charge in [0.25, 0.3) is 0 Å². The molecular weight excluding hydrogens is 457 g/mol. The minimum absolute atomic E-state index is 0.0976. The maximum absolute atomic E-state index is 6.05. The van der Waals surface area contributed by atoms with Gasteiger partial charge in [-0.25, -0.2) is 0 Å². The van der Waals surface area contributed by atoms with Crippen LogP contribution in [0.4, 0.5) is 0 Å². The van der Waals surface area contributed by atoms with E-state index < -0.39 is 0 Å². The van der Waals surface area contributed by atoms with E-state index in [1.54, 1.807) is 0 Å². The van der Waals surface area contributed by atoms with Crippen LogP contribution in [0.15, 0.2) is 49.8 Å². The Labute approximate surface area is 143 Å². The first-order chi connectivity index (χ1) is 9.02. The molecule has 0 saturated carbocycles. The summed E-state index contributed by atoms with van der Waals surface area (Å²) >= 11 is 16.6. The Bertz CT molecular complexity index is 601. The van der Waals surface area contributed by atoms with Gasteiger partial charge in [0, 0.05) is 13.4 Å². The van der Waals surface area contributed by atoms with Gasteiger partial charge in [0.15, 0.2) is 0 Å². The molecule has 0 aliphatic carbocycles. The Morgan fingerprint density at radius 3 is 2.37 bits per heavy atom. The van der Waals surface area contributed by atoms with Gasteiger partial charge in [-0.15, -0.1) is 0 Å². The van der Waals surface area contributed by atoms with Crippen molar-refractivity contribution in [3.8, 4) is 0 Å². The minimum Gasteiger partial charge on any atom is -0.309 e. The fourth-order valence-electron chi connectivity index (χ4n) is 1.93. The van der Waals surface area contributed by atoms with Crippen molar-refractivity contribution in [1.29, 1.82) is 0 Å². The van der Waals surface area contributed by atoms with Gasteiger partial charge in [-0.3, -0.25) is 0 Å². The Hall–Kier alpha value is 0.130. The van der Waals surface area contributed by atoms with Crippen molar-refractivity contribution in [2.24, 2.45) is 0 Å². The molecule has 0 saturated heterocycles. The topological polar surface area (TPSA) is 12.0 Å². The van der Waals surface area contributed by atoms with Crippen molar-refractivity contribution in [2.45, 2.75) is 6.04 Å². The number of benzene rings is 2. The third-order valence-electron chi connectivity index (χ3n) is 2.83. The van der Waals surface area contributed by atoms with Gasteiger partial charge in [0.2, 0.25) is 0 Å². The maximum Gasteiger partial charge on any atom is 0.0586 e. The van der Waals surface area contributed by atoms with Gasteiger partial charge in [-0.2, -0.15) is 0 Å². The lowest BCUT2D eigenvalue weighted by Crippen LogP contribution is -2.18. The zero-order valence-electron chi connectivity index (χ0n) is 10.1. The quantitative estimate of drug-likeness (QED) is 0.588. The van der Waals surface area contributed by atoms with Gasteiger partial charge in [0.1, 0.15) is 0 Å². The molecule has 100 valence electrons. The molecule has 2 aromatic carbocycles. The number of hydrogen-bond donors (Lipinski definition) is 1. The van der Waals surface area contributed by atoms with Crippen LogP contribution in [-0.4, -0.2) is 7.05 Å². The highest BCUT2D eigenvalue weighted by Gasteiger charge is 2.16. The lowest BCUT2D eigenvalue weighted by Gasteiger charge is -2.19. The van der Waals surface area contributed by atoms with Crippen LogP contribution in [0.3, 0.4) is 0 Å². The predicted octanol–water partition coefficient (Wildman–Crippen LogP) is 5.94. The molecule has 19 heavy (non-hydrogen) atoms. The fourth-order valence-corrected chi connectivity index (χ4v) is 3.30. The molecule has 0 bridgehead atoms. The summed E-state index contributed by atoms with van der Waals surface area (Å²) in [5.41, 5.74) is 2.32. The molecule has 0 amide bonds. The first-order valence-electron chi connectivity index (χ1n) is 5.60. The monoisotopic (exact) mass is 465 g/mol. The Morgan fingerprint density at radius 2 is 1.74 bits per heavy atom. The number of nitrogens with one attached hydrogen (secondary N) is 1. The predicted molar refractivity (Wildman–Crippen MR) is 91.9 cm³/mol. The van der Waals surface area contributed by atoms with Gasteiger partial charge >= 0.3 is 0 Å². The summed E-state index contributed by atoms with van der Waals surface area (Å²) in [5.74, 6) is 0. The van der Waals surface area contributed by atoms with E-state index in [1.165, 1.54) is 5.56 Å². The van der Waals surface area contributed by atoms with E-state index in [1.807, 2.05) is 37.4 Å². The molecule has 1 nitrogen and oxygen atoms in total. The second-order valence-corrected chi connectivity index (χ2v) is 7.09. The van der Waals surface area contributed by atoms with Crippen LogP contribution in [0, 0.1) is 0 Å². The smallest absolute Gasteiger partial charge is 0.0586 e. The summed E-state index contributed by atoms with van der Waals surface area (Å²) in [6, 6.07) is 12.2. The Balaban J connectivity index is 2.49. The van der Waals surface area contributed by atoms with Gasteiger partial charge in [-0.05, 0) is 64.4 Å². The van der Waals surface area contributed by atoms with E-state index in [0.717, 1.165) is 19.0 Å². The number of halogens is 4. The molecular formula is C14H11Br3ClN. The molecule has 2 rings (SSSR count). The average Bonchev–Trinajstić information content (AvgIpc) is 2.38. The molecule has 0 spiro atoms. The van der Waals surface area contributed by atoms with Crippen molar-refractivity contribution in [3.05, 3.63) is 66.0 Å². The number of hydrogen-bond acceptors (Lipinski definition) is 1. The lowest BCUT2D eigenvalue weighted by molar-refractivity contribution is 0.688. The van der Waals surface area contributed by atoms with Crippen molar-refractivity contribution in [2.75, 3.05) is 7.05 Å². The highest BCUT2D eigenvalue weighted by molar-refractivity contribution is 9.11. The van der Waals surface area contributed by atoms with E-state index in [0.29, 0.717) is 5.02 Å². The van der Waals surface area contributed by atoms with E-state index in [-0.39, 0.29) is 6.04 Å². The Morgan fingerprint density at radius 1 is 1.00 bits per heavy atom. The molecule has 0 aliphatic rings. The number of rotatable bonds is 3. The van der Waals surface area contributed by atoms with Crippen LogP contribution in [0.1, 0.15) is 17.2 Å². The zero-order chi connectivity index (χ0) is 14.0. The molecule has 1 unspecified atom stereocenters. The van der Waals surface area contributed by atoms with Crippen molar-refractivity contribution >= 4 is 59.4 Å². The highest BCUT2D eigenvalue weighted by Crippen LogP contribution is 2.33. The molecule has 0 heterocycles. The van der Waals surface area contributed by atoms with E-state index in [9.17, 15) is 0 Å². The van der Waals surface area contributed by atoms with Crippen molar-refractivity contribution < 1.29 is 0 Å². The van der Waals surface area contributed by atoms with Crippen LogP contribution >= 0.6 is 59.4 Å². The highest BCUT2D eigenvalue weighted by atomic mass is 79.9. The zero-order valence-corrected chi connectivity index (χ0v) is 15.6. The average molecular weight is 468 g/mol. The largest absolute Gasteiger partial charge is 0.309 e. The first-order valence-corrected chi connectivity index (χ1v) is 8.35. The molecule has 0 radical (unpaired) electrons. The summed E-state index contributed by atoms with van der Waals surface area (Å²) in [6.07, 6.45) is 0. The van der Waals surface area contributed by atoms with Crippen molar-refractivity contribution in [3.63, 3.8) is 0 Å². The second kappa shape index (κ2) is 6.72. The maximum atomic E-state index is 6.05. The molecule has 0 aromatic heterocycles. The molecule has 0 fully saturated rings. The molecule has 2 aromatic rings. The molecule has 1 atom stereocenters. The summed E-state index contributed by atoms with van der Waals surface area (Å²) in [7, 11) is 1.94. The molecule has 5 heteroatoms. The van der Waals surface area contributed by atoms with Crippen molar-refractivity contribution in [1.82, 2.24) is 5.32 Å². The Kier molecular flexibility index (Phi) is 5.49. The standard InChI is InChI=1S/C14H11Br3ClN/c1-19-14(8-2-5-13(18)12(17)6-8)10-7-9(15)3-4-11(10)16/h2-7,14,19H,1H3. The second-order valence-electron chi connectivity index (χ2n) is 4.06. The first kappa shape index (κ1) is 15.5.